The summed E-state index contributed by atoms with van der Waals surface area (Å²) in [5, 5.41) is 1.27. The third-order valence-electron chi connectivity index (χ3n) is 2.87. The van der Waals surface area contributed by atoms with Gasteiger partial charge in [0.15, 0.2) is 0 Å². The molecule has 0 radical (unpaired) electrons. The first kappa shape index (κ1) is 11.9. The predicted molar refractivity (Wildman–Crippen MR) is 71.3 cm³/mol. The number of aromatic nitrogens is 1. The molecule has 1 aliphatic rings. The number of fused-ring (bicyclic) bond motifs is 1. The monoisotopic (exact) mass is 273 g/mol. The van der Waals surface area contributed by atoms with E-state index in [0.29, 0.717) is 21.8 Å². The maximum absolute atomic E-state index is 11.9. The van der Waals surface area contributed by atoms with E-state index in [1.807, 2.05) is 6.07 Å². The summed E-state index contributed by atoms with van der Waals surface area (Å²) in [6.07, 6.45) is 3.25. The van der Waals surface area contributed by atoms with E-state index < -0.39 is 9.84 Å². The van der Waals surface area contributed by atoms with Gasteiger partial charge in [-0.1, -0.05) is 18.2 Å². The van der Waals surface area contributed by atoms with E-state index >= 15 is 0 Å². The summed E-state index contributed by atoms with van der Waals surface area (Å²) in [7, 11) is -3.32. The van der Waals surface area contributed by atoms with Crippen LogP contribution in [0.1, 0.15) is 5.56 Å². The summed E-state index contributed by atoms with van der Waals surface area (Å²) < 4.78 is 29.4. The molecular weight excluding hydrogens is 262 g/mol. The van der Waals surface area contributed by atoms with Crippen molar-refractivity contribution in [2.75, 3.05) is 6.61 Å². The van der Waals surface area contributed by atoms with Crippen LogP contribution in [0.3, 0.4) is 0 Å². The van der Waals surface area contributed by atoms with Crippen LogP contribution in [0.4, 0.5) is 0 Å². The van der Waals surface area contributed by atoms with Crippen molar-refractivity contribution in [3.8, 4) is 5.75 Å². The van der Waals surface area contributed by atoms with Crippen LogP contribution in [0, 0.1) is 0 Å². The Morgan fingerprint density at radius 3 is 2.74 bits per heavy atom. The Morgan fingerprint density at radius 2 is 1.95 bits per heavy atom. The highest BCUT2D eigenvalue weighted by atomic mass is 32.2. The van der Waals surface area contributed by atoms with Gasteiger partial charge >= 0.3 is 0 Å². The minimum Gasteiger partial charge on any atom is -0.487 e. The molecule has 1 aromatic carbocycles. The fourth-order valence-electron chi connectivity index (χ4n) is 2.00. The van der Waals surface area contributed by atoms with E-state index in [4.69, 9.17) is 4.74 Å². The van der Waals surface area contributed by atoms with Crippen LogP contribution in [0.2, 0.25) is 0 Å². The number of benzene rings is 1. The molecule has 4 nitrogen and oxygen atoms in total. The van der Waals surface area contributed by atoms with Gasteiger partial charge in [-0.3, -0.25) is 4.98 Å². The van der Waals surface area contributed by atoms with E-state index in [-0.39, 0.29) is 6.61 Å². The molecule has 0 atom stereocenters. The third kappa shape index (κ3) is 2.24. The van der Waals surface area contributed by atoms with Crippen LogP contribution in [0.5, 0.6) is 5.75 Å². The quantitative estimate of drug-likeness (QED) is 0.861. The Kier molecular flexibility index (Phi) is 2.83. The fraction of sp³-hybridized carbons (Fsp3) is 0.0714. The molecule has 0 unspecified atom stereocenters. The molecular formula is C14H11NO3S. The van der Waals surface area contributed by atoms with E-state index in [9.17, 15) is 8.42 Å². The third-order valence-corrected chi connectivity index (χ3v) is 4.43. The topological polar surface area (TPSA) is 56.3 Å². The Labute approximate surface area is 111 Å². The molecule has 2 aromatic rings. The average molecular weight is 273 g/mol. The lowest BCUT2D eigenvalue weighted by Crippen LogP contribution is -1.99. The minimum atomic E-state index is -3.32. The number of pyridine rings is 1. The van der Waals surface area contributed by atoms with Crippen LogP contribution in [-0.4, -0.2) is 20.0 Å². The minimum absolute atomic E-state index is 0.210. The van der Waals surface area contributed by atoms with Crippen molar-refractivity contribution in [3.63, 3.8) is 0 Å². The first-order valence-corrected chi connectivity index (χ1v) is 7.29. The number of hydrogen-bond acceptors (Lipinski definition) is 4. The highest BCUT2D eigenvalue weighted by Gasteiger charge is 2.26. The van der Waals surface area contributed by atoms with Crippen molar-refractivity contribution >= 4 is 15.4 Å². The summed E-state index contributed by atoms with van der Waals surface area (Å²) in [5.74, 6) is 0.616. The Balaban J connectivity index is 1.87. The van der Waals surface area contributed by atoms with Gasteiger partial charge in [0.2, 0.25) is 9.84 Å². The van der Waals surface area contributed by atoms with Gasteiger partial charge in [0.25, 0.3) is 0 Å². The van der Waals surface area contributed by atoms with Gasteiger partial charge in [-0.2, -0.15) is 0 Å². The summed E-state index contributed by atoms with van der Waals surface area (Å²) in [4.78, 5) is 4.29. The van der Waals surface area contributed by atoms with Gasteiger partial charge in [-0.15, -0.1) is 0 Å². The molecule has 0 saturated heterocycles. The van der Waals surface area contributed by atoms with Crippen molar-refractivity contribution in [1.29, 1.82) is 0 Å². The van der Waals surface area contributed by atoms with Gasteiger partial charge in [-0.25, -0.2) is 8.42 Å². The molecule has 0 fully saturated rings. The van der Waals surface area contributed by atoms with Gasteiger partial charge < -0.3 is 4.74 Å². The van der Waals surface area contributed by atoms with Crippen molar-refractivity contribution < 1.29 is 13.2 Å². The highest BCUT2D eigenvalue weighted by molar-refractivity contribution is 7.95. The van der Waals surface area contributed by atoms with Crippen LogP contribution in [0.25, 0.3) is 5.57 Å². The van der Waals surface area contributed by atoms with Crippen molar-refractivity contribution in [3.05, 3.63) is 59.8 Å². The molecule has 1 aromatic heterocycles. The first-order valence-electron chi connectivity index (χ1n) is 5.75. The second kappa shape index (κ2) is 4.51. The second-order valence-electron chi connectivity index (χ2n) is 4.16. The molecule has 0 amide bonds. The lowest BCUT2D eigenvalue weighted by Gasteiger charge is -2.06. The van der Waals surface area contributed by atoms with Crippen LogP contribution in [-0.2, 0) is 9.84 Å². The van der Waals surface area contributed by atoms with Gasteiger partial charge in [-0.05, 0) is 18.2 Å². The standard InChI is InChI=1S/C14H11NO3S/c16-19(17)10-11(13-5-1-2-6-14(13)19)9-18-12-4-3-7-15-8-12/h1-8,10H,9H2. The zero-order chi connectivity index (χ0) is 13.3. The zero-order valence-electron chi connectivity index (χ0n) is 9.98. The molecule has 0 bridgehead atoms. The van der Waals surface area contributed by atoms with Crippen LogP contribution >= 0.6 is 0 Å². The van der Waals surface area contributed by atoms with E-state index in [1.54, 1.807) is 42.7 Å². The average Bonchev–Trinajstić information content (AvgIpc) is 2.70. The Morgan fingerprint density at radius 1 is 1.11 bits per heavy atom. The zero-order valence-corrected chi connectivity index (χ0v) is 10.8. The normalized spacial score (nSPS) is 15.7. The van der Waals surface area contributed by atoms with E-state index in [2.05, 4.69) is 4.98 Å². The SMILES string of the molecule is O=S1(=O)C=C(COc2cccnc2)c2ccccc21. The van der Waals surface area contributed by atoms with Crippen molar-refractivity contribution in [2.24, 2.45) is 0 Å². The van der Waals surface area contributed by atoms with E-state index in [0.717, 1.165) is 0 Å². The van der Waals surface area contributed by atoms with Crippen LogP contribution in [0.15, 0.2) is 59.1 Å². The molecule has 2 heterocycles. The number of hydrogen-bond donors (Lipinski definition) is 0. The van der Waals surface area contributed by atoms with Crippen molar-refractivity contribution in [1.82, 2.24) is 4.98 Å². The smallest absolute Gasteiger partial charge is 0.200 e. The molecule has 0 spiro atoms. The summed E-state index contributed by atoms with van der Waals surface area (Å²) in [6, 6.07) is 10.5. The molecule has 0 aliphatic carbocycles. The predicted octanol–water partition coefficient (Wildman–Crippen LogP) is 2.29. The summed E-state index contributed by atoms with van der Waals surface area (Å²) >= 11 is 0. The van der Waals surface area contributed by atoms with Gasteiger partial charge in [0, 0.05) is 22.7 Å². The molecule has 96 valence electrons. The maximum Gasteiger partial charge on any atom is 0.200 e. The molecule has 19 heavy (non-hydrogen) atoms. The number of rotatable bonds is 3. The highest BCUT2D eigenvalue weighted by Crippen LogP contribution is 2.33. The summed E-state index contributed by atoms with van der Waals surface area (Å²) in [5.41, 5.74) is 1.38. The lowest BCUT2D eigenvalue weighted by atomic mass is 10.1. The summed E-state index contributed by atoms with van der Waals surface area (Å²) in [6.45, 7) is 0.210. The van der Waals surface area contributed by atoms with E-state index in [1.165, 1.54) is 5.41 Å². The van der Waals surface area contributed by atoms with Crippen molar-refractivity contribution in [2.45, 2.75) is 4.90 Å². The number of ether oxygens (including phenoxy) is 1. The van der Waals surface area contributed by atoms with Gasteiger partial charge in [0.1, 0.15) is 12.4 Å². The maximum atomic E-state index is 11.9. The molecule has 1 aliphatic heterocycles. The van der Waals surface area contributed by atoms with Gasteiger partial charge in [0.05, 0.1) is 11.1 Å². The Hall–Kier alpha value is -2.14. The molecule has 0 saturated carbocycles. The molecule has 5 heteroatoms. The Bertz CT molecular complexity index is 736. The van der Waals surface area contributed by atoms with Crippen LogP contribution < -0.4 is 4.74 Å². The molecule has 3 rings (SSSR count). The lowest BCUT2D eigenvalue weighted by molar-refractivity contribution is 0.368. The first-order chi connectivity index (χ1) is 9.17. The fourth-order valence-corrected chi connectivity index (χ4v) is 3.47. The largest absolute Gasteiger partial charge is 0.487 e. The number of nitrogens with zero attached hydrogens (tertiary/aromatic N) is 1. The number of sulfone groups is 1. The second-order valence-corrected chi connectivity index (χ2v) is 5.93. The molecule has 0 N–H and O–H groups in total.